The molecule has 1 amide bonds. The molecule has 8 nitrogen and oxygen atoms in total. The van der Waals surface area contributed by atoms with Gasteiger partial charge in [0.15, 0.2) is 0 Å². The summed E-state index contributed by atoms with van der Waals surface area (Å²) in [5.41, 5.74) is 0.895. The van der Waals surface area contributed by atoms with E-state index in [-0.39, 0.29) is 17.5 Å². The fourth-order valence-corrected chi connectivity index (χ4v) is 3.81. The van der Waals surface area contributed by atoms with Gasteiger partial charge in [0.2, 0.25) is 5.82 Å². The fraction of sp³-hybridized carbons (Fsp3) is 0.381. The van der Waals surface area contributed by atoms with Crippen molar-refractivity contribution in [2.45, 2.75) is 37.9 Å². The van der Waals surface area contributed by atoms with Gasteiger partial charge in [0.05, 0.1) is 29.9 Å². The van der Waals surface area contributed by atoms with Crippen molar-refractivity contribution < 1.29 is 27.5 Å². The number of fused-ring (bicyclic) bond motifs is 1. The van der Waals surface area contributed by atoms with Crippen molar-refractivity contribution in [1.29, 1.82) is 0 Å². The van der Waals surface area contributed by atoms with Crippen molar-refractivity contribution in [2.75, 3.05) is 12.4 Å². The summed E-state index contributed by atoms with van der Waals surface area (Å²) in [7, 11) is 1.44. The van der Waals surface area contributed by atoms with Crippen LogP contribution in [0.3, 0.4) is 0 Å². The zero-order chi connectivity index (χ0) is 22.9. The Morgan fingerprint density at radius 3 is 2.47 bits per heavy atom. The average molecular weight is 447 g/mol. The van der Waals surface area contributed by atoms with Crippen molar-refractivity contribution in [3.8, 4) is 5.75 Å². The topological polar surface area (TPSA) is 99.0 Å². The Balaban J connectivity index is 1.55. The highest BCUT2D eigenvalue weighted by Crippen LogP contribution is 2.34. The minimum Gasteiger partial charge on any atom is -0.494 e. The Morgan fingerprint density at radius 2 is 1.88 bits per heavy atom. The molecule has 3 aromatic rings. The first-order valence-corrected chi connectivity index (χ1v) is 10.0. The van der Waals surface area contributed by atoms with Crippen molar-refractivity contribution in [3.05, 3.63) is 42.1 Å². The molecule has 11 heteroatoms. The van der Waals surface area contributed by atoms with Crippen LogP contribution in [-0.2, 0) is 11.0 Å². The second-order valence-corrected chi connectivity index (χ2v) is 7.67. The van der Waals surface area contributed by atoms with Gasteiger partial charge >= 0.3 is 6.18 Å². The van der Waals surface area contributed by atoms with E-state index in [0.29, 0.717) is 17.0 Å². The first-order valence-electron chi connectivity index (χ1n) is 10.0. The van der Waals surface area contributed by atoms with Gasteiger partial charge in [0.25, 0.3) is 5.91 Å². The normalized spacial score (nSPS) is 19.0. The third-order valence-corrected chi connectivity index (χ3v) is 5.57. The predicted octanol–water partition coefficient (Wildman–Crippen LogP) is 4.04. The lowest BCUT2D eigenvalue weighted by Gasteiger charge is -2.25. The number of methoxy groups -OCH3 is 1. The van der Waals surface area contributed by atoms with Crippen LogP contribution < -0.4 is 10.1 Å². The Hall–Kier alpha value is -3.50. The van der Waals surface area contributed by atoms with E-state index in [1.165, 1.54) is 7.11 Å². The van der Waals surface area contributed by atoms with Crippen LogP contribution in [0, 0.1) is 5.92 Å². The molecule has 1 aliphatic rings. The second kappa shape index (κ2) is 8.56. The number of anilines is 1. The molecule has 4 rings (SSSR count). The summed E-state index contributed by atoms with van der Waals surface area (Å²) >= 11 is 0. The monoisotopic (exact) mass is 447 g/mol. The van der Waals surface area contributed by atoms with Crippen LogP contribution in [0.4, 0.5) is 18.9 Å². The van der Waals surface area contributed by atoms with Crippen LogP contribution >= 0.6 is 0 Å². The number of ether oxygens (including phenoxy) is 1. The molecule has 1 N–H and O–H groups in total. The Morgan fingerprint density at radius 1 is 1.19 bits per heavy atom. The number of nitrogens with one attached hydrogen (secondary N) is 1. The molecule has 0 saturated heterocycles. The second-order valence-electron chi connectivity index (χ2n) is 7.67. The van der Waals surface area contributed by atoms with Crippen LogP contribution in [-0.4, -0.2) is 39.1 Å². The number of nitrogens with zero attached hydrogens (tertiary/aromatic N) is 4. The smallest absolute Gasteiger partial charge is 0.451 e. The summed E-state index contributed by atoms with van der Waals surface area (Å²) < 4.78 is 45.1. The number of aromatic nitrogens is 4. The molecule has 1 fully saturated rings. The number of halogens is 3. The van der Waals surface area contributed by atoms with Gasteiger partial charge in [-0.3, -0.25) is 9.48 Å². The number of carbonyl (C=O) groups excluding carboxylic acids is 2. The van der Waals surface area contributed by atoms with E-state index >= 15 is 0 Å². The van der Waals surface area contributed by atoms with Crippen molar-refractivity contribution in [1.82, 2.24) is 19.7 Å². The SMILES string of the molecule is COc1cc2nn([C@H]3CC[C@H](C=O)CC3)cc2cc1NC(=O)c1cnc(C(F)(F)F)nc1. The van der Waals surface area contributed by atoms with E-state index in [0.717, 1.165) is 49.7 Å². The minimum absolute atomic E-state index is 0.104. The molecular formula is C21H20F3N5O3. The maximum atomic E-state index is 12.6. The number of aldehydes is 1. The standard InChI is InChI=1S/C21H20F3N5O3/c1-32-18-7-16-13(10-29(28-16)15-4-2-12(11-30)3-5-15)6-17(18)27-19(31)14-8-25-20(26-9-14)21(22,23)24/h6-12,15H,2-5H2,1H3,(H,27,31)/t12-,15-. The number of amides is 1. The predicted molar refractivity (Wildman–Crippen MR) is 108 cm³/mol. The molecule has 2 heterocycles. The summed E-state index contributed by atoms with van der Waals surface area (Å²) in [6.45, 7) is 0. The first kappa shape index (κ1) is 21.7. The summed E-state index contributed by atoms with van der Waals surface area (Å²) in [4.78, 5) is 29.9. The molecule has 1 aromatic carbocycles. The maximum absolute atomic E-state index is 12.6. The molecule has 0 aliphatic heterocycles. The van der Waals surface area contributed by atoms with Gasteiger partial charge in [-0.25, -0.2) is 9.97 Å². The third kappa shape index (κ3) is 4.41. The number of hydrogen-bond donors (Lipinski definition) is 1. The highest BCUT2D eigenvalue weighted by Gasteiger charge is 2.34. The molecule has 168 valence electrons. The van der Waals surface area contributed by atoms with Gasteiger partial charge in [0, 0.05) is 36.0 Å². The Kier molecular flexibility index (Phi) is 5.81. The van der Waals surface area contributed by atoms with Crippen molar-refractivity contribution in [2.24, 2.45) is 5.92 Å². The lowest BCUT2D eigenvalue weighted by molar-refractivity contribution is -0.145. The van der Waals surface area contributed by atoms with Crippen LogP contribution in [0.25, 0.3) is 10.9 Å². The first-order chi connectivity index (χ1) is 15.3. The lowest BCUT2D eigenvalue weighted by atomic mass is 9.87. The van der Waals surface area contributed by atoms with Gasteiger partial charge in [0.1, 0.15) is 12.0 Å². The van der Waals surface area contributed by atoms with E-state index in [1.807, 2.05) is 10.9 Å². The van der Waals surface area contributed by atoms with Crippen molar-refractivity contribution >= 4 is 28.8 Å². The van der Waals surface area contributed by atoms with Gasteiger partial charge in [-0.1, -0.05) is 0 Å². The Labute approximate surface area is 180 Å². The van der Waals surface area contributed by atoms with Gasteiger partial charge in [-0.15, -0.1) is 0 Å². The largest absolute Gasteiger partial charge is 0.494 e. The number of benzene rings is 1. The molecule has 32 heavy (non-hydrogen) atoms. The summed E-state index contributed by atoms with van der Waals surface area (Å²) in [6, 6.07) is 3.56. The Bertz CT molecular complexity index is 1140. The molecule has 2 aromatic heterocycles. The molecule has 1 saturated carbocycles. The zero-order valence-corrected chi connectivity index (χ0v) is 17.1. The van der Waals surface area contributed by atoms with E-state index in [1.54, 1.807) is 12.1 Å². The molecule has 0 bridgehead atoms. The van der Waals surface area contributed by atoms with Crippen LogP contribution in [0.1, 0.15) is 47.9 Å². The highest BCUT2D eigenvalue weighted by atomic mass is 19.4. The number of carbonyl (C=O) groups is 2. The molecule has 0 unspecified atom stereocenters. The summed E-state index contributed by atoms with van der Waals surface area (Å²) in [6.07, 6.45) is 3.20. The summed E-state index contributed by atoms with van der Waals surface area (Å²) in [5, 5.41) is 8.01. The average Bonchev–Trinajstić information content (AvgIpc) is 3.21. The molecular weight excluding hydrogens is 427 g/mol. The minimum atomic E-state index is -4.68. The van der Waals surface area contributed by atoms with Crippen molar-refractivity contribution in [3.63, 3.8) is 0 Å². The molecule has 0 radical (unpaired) electrons. The fourth-order valence-electron chi connectivity index (χ4n) is 3.81. The molecule has 0 atom stereocenters. The highest BCUT2D eigenvalue weighted by molar-refractivity contribution is 6.05. The van der Waals surface area contributed by atoms with E-state index in [9.17, 15) is 22.8 Å². The maximum Gasteiger partial charge on any atom is 0.451 e. The number of hydrogen-bond acceptors (Lipinski definition) is 6. The quantitative estimate of drug-likeness (QED) is 0.593. The van der Waals surface area contributed by atoms with E-state index in [2.05, 4.69) is 20.4 Å². The summed E-state index contributed by atoms with van der Waals surface area (Å²) in [5.74, 6) is -1.53. The van der Waals surface area contributed by atoms with Gasteiger partial charge in [-0.05, 0) is 31.7 Å². The lowest BCUT2D eigenvalue weighted by Crippen LogP contribution is -2.19. The van der Waals surface area contributed by atoms with Crippen LogP contribution in [0.15, 0.2) is 30.7 Å². The van der Waals surface area contributed by atoms with E-state index < -0.39 is 17.9 Å². The van der Waals surface area contributed by atoms with Gasteiger partial charge < -0.3 is 14.8 Å². The zero-order valence-electron chi connectivity index (χ0n) is 17.1. The molecule has 0 spiro atoms. The third-order valence-electron chi connectivity index (χ3n) is 5.57. The number of rotatable bonds is 5. The molecule has 1 aliphatic carbocycles. The van der Waals surface area contributed by atoms with E-state index in [4.69, 9.17) is 4.74 Å². The number of alkyl halides is 3. The van der Waals surface area contributed by atoms with Gasteiger partial charge in [-0.2, -0.15) is 18.3 Å². The van der Waals surface area contributed by atoms with Crippen LogP contribution in [0.5, 0.6) is 5.75 Å². The van der Waals surface area contributed by atoms with Crippen LogP contribution in [0.2, 0.25) is 0 Å².